The zero-order valence-electron chi connectivity index (χ0n) is 30.8. The molecule has 0 bridgehead atoms. The normalized spacial score (nSPS) is 11.5. The third-order valence-electron chi connectivity index (χ3n) is 10.9. The summed E-state index contributed by atoms with van der Waals surface area (Å²) in [6.45, 7) is 0. The lowest BCUT2D eigenvalue weighted by atomic mass is 9.99. The largest absolute Gasteiger partial charge is 0.308 e. The van der Waals surface area contributed by atoms with E-state index in [1.54, 1.807) is 11.3 Å². The SMILES string of the molecule is c1ccc(-c2ccc(-c3ccc(N(c4ccc(-c5ccccc5)cc4)c4c5ccccc5cc5c4sc4cc(-c6nc7ccccc7s6)ccc45)cc3)cc2)cc1. The average Bonchev–Trinajstić information content (AvgIpc) is 3.89. The number of aromatic nitrogens is 1. The van der Waals surface area contributed by atoms with Gasteiger partial charge in [0, 0.05) is 37.8 Å². The summed E-state index contributed by atoms with van der Waals surface area (Å²) in [5, 5.41) is 6.02. The molecule has 0 aliphatic heterocycles. The topological polar surface area (TPSA) is 16.1 Å². The fraction of sp³-hybridized carbons (Fsp3) is 0. The van der Waals surface area contributed by atoms with E-state index in [-0.39, 0.29) is 0 Å². The number of hydrogen-bond acceptors (Lipinski definition) is 4. The summed E-state index contributed by atoms with van der Waals surface area (Å²) in [7, 11) is 0. The van der Waals surface area contributed by atoms with E-state index in [0.717, 1.165) is 27.5 Å². The van der Waals surface area contributed by atoms with Gasteiger partial charge in [0.15, 0.2) is 0 Å². The fourth-order valence-corrected chi connectivity index (χ4v) is 10.3. The van der Waals surface area contributed by atoms with Gasteiger partial charge in [0.2, 0.25) is 0 Å². The average molecular weight is 763 g/mol. The number of para-hydroxylation sites is 1. The lowest BCUT2D eigenvalue weighted by Crippen LogP contribution is -2.10. The smallest absolute Gasteiger partial charge is 0.124 e. The Morgan fingerprint density at radius 2 is 0.860 bits per heavy atom. The Kier molecular flexibility index (Phi) is 8.24. The van der Waals surface area contributed by atoms with E-state index in [9.17, 15) is 0 Å². The highest BCUT2D eigenvalue weighted by molar-refractivity contribution is 7.26. The van der Waals surface area contributed by atoms with Gasteiger partial charge in [-0.15, -0.1) is 22.7 Å². The number of thiophene rings is 1. The monoisotopic (exact) mass is 762 g/mol. The molecule has 4 heteroatoms. The Morgan fingerprint density at radius 3 is 1.47 bits per heavy atom. The van der Waals surface area contributed by atoms with Gasteiger partial charge in [-0.2, -0.15) is 0 Å². The molecular formula is C53H34N2S2. The molecule has 2 aromatic heterocycles. The van der Waals surface area contributed by atoms with Crippen LogP contribution in [-0.2, 0) is 0 Å². The first kappa shape index (κ1) is 33.5. The molecule has 2 heterocycles. The Balaban J connectivity index is 1.08. The molecule has 0 amide bonds. The van der Waals surface area contributed by atoms with Crippen molar-refractivity contribution in [1.82, 2.24) is 4.98 Å². The molecule has 0 aliphatic rings. The van der Waals surface area contributed by atoms with Crippen molar-refractivity contribution >= 4 is 80.9 Å². The summed E-state index contributed by atoms with van der Waals surface area (Å²) >= 11 is 3.63. The van der Waals surface area contributed by atoms with Crippen LogP contribution in [0, 0.1) is 0 Å². The first-order valence-corrected chi connectivity index (χ1v) is 20.8. The second-order valence-electron chi connectivity index (χ2n) is 14.4. The number of anilines is 3. The Bertz CT molecular complexity index is 3170. The number of thiazole rings is 1. The van der Waals surface area contributed by atoms with Crippen molar-refractivity contribution in [1.29, 1.82) is 0 Å². The van der Waals surface area contributed by atoms with Crippen LogP contribution in [0.15, 0.2) is 206 Å². The minimum Gasteiger partial charge on any atom is -0.308 e. The highest BCUT2D eigenvalue weighted by Gasteiger charge is 2.22. The lowest BCUT2D eigenvalue weighted by Gasteiger charge is -2.28. The number of rotatable bonds is 7. The number of nitrogens with zero attached hydrogens (tertiary/aromatic N) is 2. The highest BCUT2D eigenvalue weighted by atomic mass is 32.1. The van der Waals surface area contributed by atoms with Crippen LogP contribution in [0.25, 0.3) is 85.1 Å². The summed E-state index contributed by atoms with van der Waals surface area (Å²) in [6, 6.07) is 74.7. The molecule has 0 fully saturated rings. The predicted molar refractivity (Wildman–Crippen MR) is 246 cm³/mol. The minimum absolute atomic E-state index is 1.05. The Morgan fingerprint density at radius 1 is 0.351 bits per heavy atom. The molecule has 11 rings (SSSR count). The summed E-state index contributed by atoms with van der Waals surface area (Å²) in [6.07, 6.45) is 0. The maximum Gasteiger partial charge on any atom is 0.124 e. The molecule has 0 aliphatic carbocycles. The Hall–Kier alpha value is -6.85. The number of hydrogen-bond donors (Lipinski definition) is 0. The summed E-state index contributed by atoms with van der Waals surface area (Å²) < 4.78 is 3.73. The highest BCUT2D eigenvalue weighted by Crippen LogP contribution is 2.49. The molecule has 0 spiro atoms. The maximum atomic E-state index is 5.00. The number of benzene rings is 9. The molecule has 0 saturated carbocycles. The molecule has 268 valence electrons. The third-order valence-corrected chi connectivity index (χ3v) is 13.2. The van der Waals surface area contributed by atoms with Crippen LogP contribution in [0.4, 0.5) is 17.1 Å². The van der Waals surface area contributed by atoms with Crippen molar-refractivity contribution in [3.8, 4) is 44.0 Å². The van der Waals surface area contributed by atoms with Gasteiger partial charge < -0.3 is 4.90 Å². The van der Waals surface area contributed by atoms with Gasteiger partial charge in [0.1, 0.15) is 5.01 Å². The molecule has 2 nitrogen and oxygen atoms in total. The molecule has 0 saturated heterocycles. The van der Waals surface area contributed by atoms with Crippen molar-refractivity contribution in [3.05, 3.63) is 206 Å². The van der Waals surface area contributed by atoms with Crippen LogP contribution < -0.4 is 4.90 Å². The van der Waals surface area contributed by atoms with Crippen LogP contribution >= 0.6 is 22.7 Å². The van der Waals surface area contributed by atoms with Gasteiger partial charge in [0.25, 0.3) is 0 Å². The van der Waals surface area contributed by atoms with Gasteiger partial charge in [-0.05, 0) is 87.3 Å². The second kappa shape index (κ2) is 14.0. The zero-order valence-corrected chi connectivity index (χ0v) is 32.5. The molecule has 0 N–H and O–H groups in total. The summed E-state index contributed by atoms with van der Waals surface area (Å²) in [5.41, 5.74) is 12.8. The predicted octanol–water partition coefficient (Wildman–Crippen LogP) is 16.0. The zero-order chi connectivity index (χ0) is 37.7. The summed E-state index contributed by atoms with van der Waals surface area (Å²) in [5.74, 6) is 0. The van der Waals surface area contributed by atoms with E-state index in [1.165, 1.54) is 74.7 Å². The first-order valence-electron chi connectivity index (χ1n) is 19.2. The van der Waals surface area contributed by atoms with Crippen LogP contribution in [0.5, 0.6) is 0 Å². The molecule has 0 atom stereocenters. The summed E-state index contributed by atoms with van der Waals surface area (Å²) in [4.78, 5) is 7.47. The van der Waals surface area contributed by atoms with E-state index in [2.05, 4.69) is 211 Å². The third kappa shape index (κ3) is 6.07. The van der Waals surface area contributed by atoms with Gasteiger partial charge in [0.05, 0.1) is 20.6 Å². The fourth-order valence-electron chi connectivity index (χ4n) is 8.03. The van der Waals surface area contributed by atoms with Crippen LogP contribution in [0.2, 0.25) is 0 Å². The molecule has 0 unspecified atom stereocenters. The van der Waals surface area contributed by atoms with E-state index < -0.39 is 0 Å². The van der Waals surface area contributed by atoms with E-state index in [4.69, 9.17) is 4.98 Å². The molecule has 11 aromatic rings. The van der Waals surface area contributed by atoms with E-state index in [0.29, 0.717) is 0 Å². The first-order chi connectivity index (χ1) is 28.2. The van der Waals surface area contributed by atoms with E-state index in [1.807, 2.05) is 11.3 Å². The van der Waals surface area contributed by atoms with Crippen molar-refractivity contribution < 1.29 is 0 Å². The minimum atomic E-state index is 1.05. The lowest BCUT2D eigenvalue weighted by molar-refractivity contribution is 1.31. The molecule has 57 heavy (non-hydrogen) atoms. The van der Waals surface area contributed by atoms with Crippen LogP contribution in [0.1, 0.15) is 0 Å². The standard InChI is InChI=1S/C53H34N2S2/c1-3-11-35(12-4-1)37-19-21-38(22-20-37)40-25-30-44(31-26-40)55(43-28-23-39(24-29-43)36-13-5-2-6-14-36)51-45-16-8-7-15-41(45)33-47-46-32-27-42(34-50(46)56-52(47)51)53-54-48-17-9-10-18-49(48)57-53/h1-34H. The second-order valence-corrected chi connectivity index (χ2v) is 16.4. The maximum absolute atomic E-state index is 5.00. The molecule has 0 radical (unpaired) electrons. The van der Waals surface area contributed by atoms with Crippen molar-refractivity contribution in [2.45, 2.75) is 0 Å². The van der Waals surface area contributed by atoms with Crippen molar-refractivity contribution in [2.24, 2.45) is 0 Å². The molecule has 9 aromatic carbocycles. The van der Waals surface area contributed by atoms with Crippen LogP contribution in [0.3, 0.4) is 0 Å². The van der Waals surface area contributed by atoms with E-state index >= 15 is 0 Å². The van der Waals surface area contributed by atoms with Gasteiger partial charge >= 0.3 is 0 Å². The van der Waals surface area contributed by atoms with Crippen molar-refractivity contribution in [2.75, 3.05) is 4.90 Å². The van der Waals surface area contributed by atoms with Gasteiger partial charge in [-0.1, -0.05) is 158 Å². The van der Waals surface area contributed by atoms with Crippen LogP contribution in [-0.4, -0.2) is 4.98 Å². The number of fused-ring (bicyclic) bond motifs is 5. The van der Waals surface area contributed by atoms with Crippen molar-refractivity contribution in [3.63, 3.8) is 0 Å². The Labute approximate surface area is 339 Å². The van der Waals surface area contributed by atoms with Gasteiger partial charge in [-0.3, -0.25) is 0 Å². The molecular weight excluding hydrogens is 729 g/mol. The van der Waals surface area contributed by atoms with Gasteiger partial charge in [-0.25, -0.2) is 4.98 Å². The quantitative estimate of drug-likeness (QED) is 0.161.